The first kappa shape index (κ1) is 13.7. The monoisotopic (exact) mass is 282 g/mol. The molecule has 0 saturated heterocycles. The van der Waals surface area contributed by atoms with Crippen LogP contribution in [0, 0.1) is 0 Å². The molecule has 0 saturated carbocycles. The Hall–Kier alpha value is -2.29. The summed E-state index contributed by atoms with van der Waals surface area (Å²) in [4.78, 5) is 11.2. The predicted octanol–water partition coefficient (Wildman–Crippen LogP) is 3.94. The second kappa shape index (κ2) is 5.60. The molecule has 0 aliphatic heterocycles. The third-order valence-corrected chi connectivity index (χ3v) is 4.11. The standard InChI is InChI=1S/C18H18O3/c1-21-17-9-8-15(18(19)20)11-16(17)14-7-6-12-4-2-3-5-13(12)10-14/h6-11H,2-5H2,1H3,(H,19,20). The van der Waals surface area contributed by atoms with E-state index in [0.717, 1.165) is 24.0 Å². The van der Waals surface area contributed by atoms with Gasteiger partial charge in [-0.1, -0.05) is 18.2 Å². The van der Waals surface area contributed by atoms with E-state index in [9.17, 15) is 9.90 Å². The zero-order chi connectivity index (χ0) is 14.8. The van der Waals surface area contributed by atoms with E-state index >= 15 is 0 Å². The summed E-state index contributed by atoms with van der Waals surface area (Å²) in [5, 5.41) is 9.17. The van der Waals surface area contributed by atoms with Crippen LogP contribution >= 0.6 is 0 Å². The van der Waals surface area contributed by atoms with Gasteiger partial charge in [0.05, 0.1) is 12.7 Å². The molecular formula is C18H18O3. The van der Waals surface area contributed by atoms with Crippen molar-refractivity contribution in [1.29, 1.82) is 0 Å². The number of ether oxygens (including phenoxy) is 1. The van der Waals surface area contributed by atoms with E-state index in [0.29, 0.717) is 5.75 Å². The summed E-state index contributed by atoms with van der Waals surface area (Å²) in [6.07, 6.45) is 4.72. The van der Waals surface area contributed by atoms with Crippen LogP contribution in [0.4, 0.5) is 0 Å². The fraction of sp³-hybridized carbons (Fsp3) is 0.278. The lowest BCUT2D eigenvalue weighted by molar-refractivity contribution is 0.0697. The molecule has 0 unspecified atom stereocenters. The highest BCUT2D eigenvalue weighted by molar-refractivity contribution is 5.90. The number of hydrogen-bond donors (Lipinski definition) is 1. The molecule has 0 aromatic heterocycles. The number of methoxy groups -OCH3 is 1. The summed E-state index contributed by atoms with van der Waals surface area (Å²) < 4.78 is 5.39. The van der Waals surface area contributed by atoms with E-state index < -0.39 is 5.97 Å². The van der Waals surface area contributed by atoms with E-state index in [4.69, 9.17) is 4.74 Å². The predicted molar refractivity (Wildman–Crippen MR) is 82.0 cm³/mol. The molecule has 2 aromatic rings. The lowest BCUT2D eigenvalue weighted by atomic mass is 9.89. The number of rotatable bonds is 3. The fourth-order valence-corrected chi connectivity index (χ4v) is 2.97. The van der Waals surface area contributed by atoms with Crippen LogP contribution in [0.25, 0.3) is 11.1 Å². The molecule has 0 atom stereocenters. The molecular weight excluding hydrogens is 264 g/mol. The number of benzene rings is 2. The molecule has 3 heteroatoms. The van der Waals surface area contributed by atoms with Gasteiger partial charge in [-0.25, -0.2) is 4.79 Å². The number of aryl methyl sites for hydroxylation is 2. The van der Waals surface area contributed by atoms with Crippen LogP contribution in [0.15, 0.2) is 36.4 Å². The molecule has 0 fully saturated rings. The number of carbonyl (C=O) groups is 1. The molecule has 108 valence electrons. The summed E-state index contributed by atoms with van der Waals surface area (Å²) >= 11 is 0. The van der Waals surface area contributed by atoms with Crippen molar-refractivity contribution in [2.75, 3.05) is 7.11 Å². The van der Waals surface area contributed by atoms with Gasteiger partial charge in [0.2, 0.25) is 0 Å². The second-order valence-corrected chi connectivity index (χ2v) is 5.41. The highest BCUT2D eigenvalue weighted by Crippen LogP contribution is 2.33. The quantitative estimate of drug-likeness (QED) is 0.927. The summed E-state index contributed by atoms with van der Waals surface area (Å²) in [6, 6.07) is 11.4. The Morgan fingerprint density at radius 2 is 1.81 bits per heavy atom. The maximum Gasteiger partial charge on any atom is 0.335 e. The largest absolute Gasteiger partial charge is 0.496 e. The number of hydrogen-bond acceptors (Lipinski definition) is 2. The van der Waals surface area contributed by atoms with Crippen LogP contribution in [-0.4, -0.2) is 18.2 Å². The first-order valence-corrected chi connectivity index (χ1v) is 7.22. The van der Waals surface area contributed by atoms with Crippen molar-refractivity contribution in [3.8, 4) is 16.9 Å². The molecule has 21 heavy (non-hydrogen) atoms. The zero-order valence-corrected chi connectivity index (χ0v) is 12.1. The van der Waals surface area contributed by atoms with Gasteiger partial charge in [-0.2, -0.15) is 0 Å². The van der Waals surface area contributed by atoms with E-state index in [1.807, 2.05) is 0 Å². The Morgan fingerprint density at radius 1 is 1.05 bits per heavy atom. The summed E-state index contributed by atoms with van der Waals surface area (Å²) in [6.45, 7) is 0. The Balaban J connectivity index is 2.10. The van der Waals surface area contributed by atoms with Gasteiger partial charge < -0.3 is 9.84 Å². The molecule has 3 rings (SSSR count). The molecule has 1 aliphatic rings. The third kappa shape index (κ3) is 2.64. The highest BCUT2D eigenvalue weighted by Gasteiger charge is 2.14. The van der Waals surface area contributed by atoms with E-state index in [1.54, 1.807) is 25.3 Å². The van der Waals surface area contributed by atoms with Gasteiger partial charge in [0.25, 0.3) is 0 Å². The van der Waals surface area contributed by atoms with Crippen molar-refractivity contribution >= 4 is 5.97 Å². The van der Waals surface area contributed by atoms with Gasteiger partial charge in [-0.3, -0.25) is 0 Å². The SMILES string of the molecule is COc1ccc(C(=O)O)cc1-c1ccc2c(c1)CCCC2. The van der Waals surface area contributed by atoms with Gasteiger partial charge in [0, 0.05) is 5.56 Å². The Labute approximate surface area is 124 Å². The van der Waals surface area contributed by atoms with Gasteiger partial charge in [0.1, 0.15) is 5.75 Å². The fourth-order valence-electron chi connectivity index (χ4n) is 2.97. The number of carboxylic acids is 1. The normalized spacial score (nSPS) is 13.6. The maximum absolute atomic E-state index is 11.2. The lowest BCUT2D eigenvalue weighted by Crippen LogP contribution is -2.03. The van der Waals surface area contributed by atoms with Crippen molar-refractivity contribution in [2.24, 2.45) is 0 Å². The number of carboxylic acid groups (broad SMARTS) is 1. The third-order valence-electron chi connectivity index (χ3n) is 4.11. The van der Waals surface area contributed by atoms with Gasteiger partial charge in [0.15, 0.2) is 0 Å². The van der Waals surface area contributed by atoms with Crippen molar-refractivity contribution in [2.45, 2.75) is 25.7 Å². The highest BCUT2D eigenvalue weighted by atomic mass is 16.5. The Morgan fingerprint density at radius 3 is 2.52 bits per heavy atom. The summed E-state index contributed by atoms with van der Waals surface area (Å²) in [7, 11) is 1.61. The minimum absolute atomic E-state index is 0.281. The van der Waals surface area contributed by atoms with Crippen LogP contribution in [0.5, 0.6) is 5.75 Å². The minimum atomic E-state index is -0.920. The Kier molecular flexibility index (Phi) is 3.65. The van der Waals surface area contributed by atoms with Crippen molar-refractivity contribution in [1.82, 2.24) is 0 Å². The zero-order valence-electron chi connectivity index (χ0n) is 12.1. The number of fused-ring (bicyclic) bond motifs is 1. The average Bonchev–Trinajstić information content (AvgIpc) is 2.53. The van der Waals surface area contributed by atoms with Crippen LogP contribution in [0.1, 0.15) is 34.3 Å². The topological polar surface area (TPSA) is 46.5 Å². The molecule has 0 heterocycles. The maximum atomic E-state index is 11.2. The van der Waals surface area contributed by atoms with Crippen LogP contribution in [0.2, 0.25) is 0 Å². The van der Waals surface area contributed by atoms with Crippen molar-refractivity contribution in [3.05, 3.63) is 53.1 Å². The van der Waals surface area contributed by atoms with Gasteiger partial charge in [-0.15, -0.1) is 0 Å². The van der Waals surface area contributed by atoms with Crippen LogP contribution < -0.4 is 4.74 Å². The molecule has 0 bridgehead atoms. The first-order chi connectivity index (χ1) is 10.2. The lowest BCUT2D eigenvalue weighted by Gasteiger charge is -2.17. The molecule has 0 radical (unpaired) electrons. The summed E-state index contributed by atoms with van der Waals surface area (Å²) in [5.74, 6) is -0.215. The van der Waals surface area contributed by atoms with Crippen LogP contribution in [0.3, 0.4) is 0 Å². The van der Waals surface area contributed by atoms with E-state index in [-0.39, 0.29) is 5.56 Å². The van der Waals surface area contributed by atoms with Gasteiger partial charge in [-0.05, 0) is 60.6 Å². The first-order valence-electron chi connectivity index (χ1n) is 7.22. The molecule has 1 aliphatic carbocycles. The second-order valence-electron chi connectivity index (χ2n) is 5.41. The van der Waals surface area contributed by atoms with Gasteiger partial charge >= 0.3 is 5.97 Å². The molecule has 1 N–H and O–H groups in total. The van der Waals surface area contributed by atoms with Crippen LogP contribution in [-0.2, 0) is 12.8 Å². The molecule has 3 nitrogen and oxygen atoms in total. The smallest absolute Gasteiger partial charge is 0.335 e. The molecule has 0 spiro atoms. The minimum Gasteiger partial charge on any atom is -0.496 e. The van der Waals surface area contributed by atoms with Crippen molar-refractivity contribution < 1.29 is 14.6 Å². The van der Waals surface area contributed by atoms with E-state index in [1.165, 1.54) is 24.0 Å². The van der Waals surface area contributed by atoms with Crippen molar-refractivity contribution in [3.63, 3.8) is 0 Å². The summed E-state index contributed by atoms with van der Waals surface area (Å²) in [5.41, 5.74) is 4.93. The molecule has 0 amide bonds. The average molecular weight is 282 g/mol. The van der Waals surface area contributed by atoms with E-state index in [2.05, 4.69) is 18.2 Å². The number of aromatic carboxylic acids is 1. The Bertz CT molecular complexity index is 689. The molecule has 2 aromatic carbocycles.